The Morgan fingerprint density at radius 3 is 2.59 bits per heavy atom. The number of rotatable bonds is 3. The van der Waals surface area contributed by atoms with Gasteiger partial charge in [-0.05, 0) is 35.0 Å². The SMILES string of the molecule is Cc1c(C(=O)N2CCN(C(=O)Cn3cnnn3)CC2)sc2cccc(F)c12. The number of amides is 2. The summed E-state index contributed by atoms with van der Waals surface area (Å²) >= 11 is 1.31. The summed E-state index contributed by atoms with van der Waals surface area (Å²) in [6.45, 7) is 3.64. The van der Waals surface area contributed by atoms with Crippen molar-refractivity contribution in [2.75, 3.05) is 26.2 Å². The number of carbonyl (C=O) groups excluding carboxylic acids is 2. The van der Waals surface area contributed by atoms with Crippen LogP contribution in [0.25, 0.3) is 10.1 Å². The zero-order valence-corrected chi connectivity index (χ0v) is 15.4. The number of fused-ring (bicyclic) bond motifs is 1. The Kier molecular flexibility index (Phi) is 4.56. The van der Waals surface area contributed by atoms with Crippen molar-refractivity contribution in [2.24, 2.45) is 0 Å². The van der Waals surface area contributed by atoms with Gasteiger partial charge in [0.2, 0.25) is 5.91 Å². The van der Waals surface area contributed by atoms with Crippen LogP contribution in [0.5, 0.6) is 0 Å². The molecule has 1 aliphatic heterocycles. The summed E-state index contributed by atoms with van der Waals surface area (Å²) in [5.41, 5.74) is 0.676. The van der Waals surface area contributed by atoms with Gasteiger partial charge in [-0.2, -0.15) is 0 Å². The maximum absolute atomic E-state index is 14.1. The summed E-state index contributed by atoms with van der Waals surface area (Å²) < 4.78 is 16.2. The molecule has 27 heavy (non-hydrogen) atoms. The fraction of sp³-hybridized carbons (Fsp3) is 0.353. The van der Waals surface area contributed by atoms with Crippen LogP contribution in [-0.4, -0.2) is 68.0 Å². The molecule has 1 aliphatic rings. The highest BCUT2D eigenvalue weighted by Crippen LogP contribution is 2.33. The van der Waals surface area contributed by atoms with Crippen molar-refractivity contribution in [3.8, 4) is 0 Å². The van der Waals surface area contributed by atoms with Gasteiger partial charge in [0.15, 0.2) is 0 Å². The Morgan fingerprint density at radius 2 is 1.93 bits per heavy atom. The van der Waals surface area contributed by atoms with E-state index >= 15 is 0 Å². The van der Waals surface area contributed by atoms with Crippen molar-refractivity contribution in [3.05, 3.63) is 40.8 Å². The molecular formula is C17H17FN6O2S. The number of aromatic nitrogens is 4. The smallest absolute Gasteiger partial charge is 0.264 e. The zero-order valence-electron chi connectivity index (χ0n) is 14.6. The molecule has 1 fully saturated rings. The number of tetrazole rings is 1. The minimum atomic E-state index is -0.307. The number of hydrogen-bond donors (Lipinski definition) is 0. The van der Waals surface area contributed by atoms with Gasteiger partial charge in [0.25, 0.3) is 5.91 Å². The highest BCUT2D eigenvalue weighted by molar-refractivity contribution is 7.21. The van der Waals surface area contributed by atoms with Crippen LogP contribution in [0.4, 0.5) is 4.39 Å². The largest absolute Gasteiger partial charge is 0.338 e. The van der Waals surface area contributed by atoms with Crippen molar-refractivity contribution < 1.29 is 14.0 Å². The molecule has 0 aliphatic carbocycles. The molecule has 1 aromatic carbocycles. The third-order valence-corrected chi connectivity index (χ3v) is 5.95. The number of hydrogen-bond acceptors (Lipinski definition) is 6. The Hall–Kier alpha value is -2.88. The number of halogens is 1. The van der Waals surface area contributed by atoms with Gasteiger partial charge in [0.05, 0.1) is 4.88 Å². The van der Waals surface area contributed by atoms with Crippen LogP contribution in [0.1, 0.15) is 15.2 Å². The van der Waals surface area contributed by atoms with Crippen LogP contribution in [0, 0.1) is 12.7 Å². The van der Waals surface area contributed by atoms with E-state index in [1.54, 1.807) is 22.8 Å². The molecule has 10 heteroatoms. The number of aryl methyl sites for hydroxylation is 1. The van der Waals surface area contributed by atoms with Gasteiger partial charge >= 0.3 is 0 Å². The lowest BCUT2D eigenvalue weighted by Gasteiger charge is -2.34. The fourth-order valence-corrected chi connectivity index (χ4v) is 4.44. The molecule has 0 radical (unpaired) electrons. The van der Waals surface area contributed by atoms with Gasteiger partial charge in [0.1, 0.15) is 18.7 Å². The molecule has 0 spiro atoms. The van der Waals surface area contributed by atoms with E-state index < -0.39 is 0 Å². The van der Waals surface area contributed by atoms with Gasteiger partial charge in [-0.3, -0.25) is 9.59 Å². The standard InChI is InChI=1S/C17H17FN6O2S/c1-11-15-12(18)3-2-4-13(15)27-16(11)17(26)23-7-5-22(6-8-23)14(25)9-24-10-19-20-21-24/h2-4,10H,5-9H2,1H3. The molecule has 8 nitrogen and oxygen atoms in total. The van der Waals surface area contributed by atoms with Crippen molar-refractivity contribution in [1.82, 2.24) is 30.0 Å². The Bertz CT molecular complexity index is 994. The molecular weight excluding hydrogens is 371 g/mol. The van der Waals surface area contributed by atoms with Crippen LogP contribution < -0.4 is 0 Å². The predicted octanol–water partition coefficient (Wildman–Crippen LogP) is 1.32. The van der Waals surface area contributed by atoms with Crippen LogP contribution in [-0.2, 0) is 11.3 Å². The molecule has 140 valence electrons. The summed E-state index contributed by atoms with van der Waals surface area (Å²) in [5.74, 6) is -0.506. The molecule has 0 atom stereocenters. The molecule has 4 rings (SSSR count). The number of carbonyl (C=O) groups is 2. The molecule has 1 saturated heterocycles. The van der Waals surface area contributed by atoms with E-state index in [-0.39, 0.29) is 24.2 Å². The van der Waals surface area contributed by atoms with E-state index in [9.17, 15) is 14.0 Å². The summed E-state index contributed by atoms with van der Waals surface area (Å²) in [6, 6.07) is 4.88. The van der Waals surface area contributed by atoms with Gasteiger partial charge in [-0.1, -0.05) is 6.07 Å². The highest BCUT2D eigenvalue weighted by Gasteiger charge is 2.27. The number of benzene rings is 1. The maximum Gasteiger partial charge on any atom is 0.264 e. The van der Waals surface area contributed by atoms with E-state index in [0.717, 1.165) is 4.70 Å². The van der Waals surface area contributed by atoms with Crippen LogP contribution >= 0.6 is 11.3 Å². The summed E-state index contributed by atoms with van der Waals surface area (Å²) in [5, 5.41) is 11.2. The molecule has 3 heterocycles. The first-order chi connectivity index (χ1) is 13.0. The Balaban J connectivity index is 1.44. The lowest BCUT2D eigenvalue weighted by atomic mass is 10.1. The van der Waals surface area contributed by atoms with Crippen LogP contribution in [0.15, 0.2) is 24.5 Å². The number of piperazine rings is 1. The summed E-state index contributed by atoms with van der Waals surface area (Å²) in [7, 11) is 0. The Morgan fingerprint density at radius 1 is 1.19 bits per heavy atom. The molecule has 0 unspecified atom stereocenters. The van der Waals surface area contributed by atoms with E-state index in [2.05, 4.69) is 15.5 Å². The number of thiophene rings is 1. The van der Waals surface area contributed by atoms with Crippen molar-refractivity contribution in [2.45, 2.75) is 13.5 Å². The second kappa shape index (κ2) is 7.03. The second-order valence-electron chi connectivity index (χ2n) is 6.35. The summed E-state index contributed by atoms with van der Waals surface area (Å²) in [4.78, 5) is 29.2. The average molecular weight is 388 g/mol. The molecule has 0 bridgehead atoms. The van der Waals surface area contributed by atoms with Crippen molar-refractivity contribution in [3.63, 3.8) is 0 Å². The lowest BCUT2D eigenvalue weighted by molar-refractivity contribution is -0.133. The van der Waals surface area contributed by atoms with Gasteiger partial charge in [0, 0.05) is 36.3 Å². The first-order valence-corrected chi connectivity index (χ1v) is 9.31. The fourth-order valence-electron chi connectivity index (χ4n) is 3.25. The van der Waals surface area contributed by atoms with Crippen LogP contribution in [0.2, 0.25) is 0 Å². The zero-order chi connectivity index (χ0) is 19.0. The van der Waals surface area contributed by atoms with E-state index in [0.29, 0.717) is 42.0 Å². The van der Waals surface area contributed by atoms with Crippen molar-refractivity contribution >= 4 is 33.2 Å². The first-order valence-electron chi connectivity index (χ1n) is 8.50. The van der Waals surface area contributed by atoms with Crippen molar-refractivity contribution in [1.29, 1.82) is 0 Å². The molecule has 0 N–H and O–H groups in total. The molecule has 0 saturated carbocycles. The molecule has 3 aromatic rings. The lowest BCUT2D eigenvalue weighted by Crippen LogP contribution is -2.51. The third kappa shape index (κ3) is 3.27. The number of nitrogens with zero attached hydrogens (tertiary/aromatic N) is 6. The highest BCUT2D eigenvalue weighted by atomic mass is 32.1. The average Bonchev–Trinajstić information content (AvgIpc) is 3.30. The minimum Gasteiger partial charge on any atom is -0.338 e. The molecule has 2 amide bonds. The Labute approximate surface area is 158 Å². The third-order valence-electron chi connectivity index (χ3n) is 4.71. The summed E-state index contributed by atoms with van der Waals surface area (Å²) in [6.07, 6.45) is 1.39. The minimum absolute atomic E-state index is 0.0790. The van der Waals surface area contributed by atoms with E-state index in [1.807, 2.05) is 6.07 Å². The molecule has 2 aromatic heterocycles. The van der Waals surface area contributed by atoms with E-state index in [4.69, 9.17) is 0 Å². The topological polar surface area (TPSA) is 84.2 Å². The maximum atomic E-state index is 14.1. The quantitative estimate of drug-likeness (QED) is 0.676. The first kappa shape index (κ1) is 17.5. The predicted molar refractivity (Wildman–Crippen MR) is 96.8 cm³/mol. The van der Waals surface area contributed by atoms with Gasteiger partial charge in [-0.25, -0.2) is 9.07 Å². The monoisotopic (exact) mass is 388 g/mol. The van der Waals surface area contributed by atoms with E-state index in [1.165, 1.54) is 28.4 Å². The van der Waals surface area contributed by atoms with Gasteiger partial charge in [-0.15, -0.1) is 16.4 Å². The van der Waals surface area contributed by atoms with Crippen LogP contribution in [0.3, 0.4) is 0 Å². The second-order valence-corrected chi connectivity index (χ2v) is 7.40. The van der Waals surface area contributed by atoms with Gasteiger partial charge < -0.3 is 9.80 Å². The normalized spacial score (nSPS) is 14.7.